The Morgan fingerprint density at radius 2 is 1.68 bits per heavy atom. The highest BCUT2D eigenvalue weighted by Gasteiger charge is 2.24. The Hall–Kier alpha value is -3.85. The zero-order chi connectivity index (χ0) is 27.9. The molecule has 0 atom stereocenters. The summed E-state index contributed by atoms with van der Waals surface area (Å²) in [7, 11) is 4.65. The predicted molar refractivity (Wildman–Crippen MR) is 148 cm³/mol. The van der Waals surface area contributed by atoms with Crippen LogP contribution in [0.4, 0.5) is 5.82 Å². The molecule has 0 spiro atoms. The van der Waals surface area contributed by atoms with E-state index in [2.05, 4.69) is 26.1 Å². The van der Waals surface area contributed by atoms with Crippen molar-refractivity contribution in [3.63, 3.8) is 0 Å². The lowest BCUT2D eigenvalue weighted by Gasteiger charge is -2.23. The maximum Gasteiger partial charge on any atom is 0.254 e. The van der Waals surface area contributed by atoms with E-state index in [1.165, 1.54) is 19.1 Å². The average molecular weight is 523 g/mol. The largest absolute Gasteiger partial charge is 0.497 e. The van der Waals surface area contributed by atoms with Crippen molar-refractivity contribution in [2.75, 3.05) is 46.3 Å². The summed E-state index contributed by atoms with van der Waals surface area (Å²) in [5.74, 6) is 0.880. The summed E-state index contributed by atoms with van der Waals surface area (Å²) in [6.07, 6.45) is 0.575. The number of ether oxygens (including phenoxy) is 3. The number of aryl methyl sites for hydroxylation is 1. The van der Waals surface area contributed by atoms with Crippen molar-refractivity contribution in [2.45, 2.75) is 39.5 Å². The van der Waals surface area contributed by atoms with Crippen LogP contribution in [0.3, 0.4) is 0 Å². The number of carbonyl (C=O) groups excluding carboxylic acids is 2. The highest BCUT2D eigenvalue weighted by atomic mass is 16.5. The molecule has 0 fully saturated rings. The Morgan fingerprint density at radius 1 is 1.00 bits per heavy atom. The summed E-state index contributed by atoms with van der Waals surface area (Å²) >= 11 is 0. The molecule has 2 amide bonds. The molecule has 0 unspecified atom stereocenters. The number of hydrogen-bond donors (Lipinski definition) is 1. The molecular formula is C29H38N4O5. The topological polar surface area (TPSA) is 94.9 Å². The average Bonchev–Trinajstić information content (AvgIpc) is 3.31. The third kappa shape index (κ3) is 7.35. The number of nitrogens with one attached hydrogen (secondary N) is 1. The first-order valence-corrected chi connectivity index (χ1v) is 12.5. The minimum absolute atomic E-state index is 0.147. The molecule has 0 radical (unpaired) electrons. The van der Waals surface area contributed by atoms with E-state index in [0.717, 1.165) is 16.9 Å². The van der Waals surface area contributed by atoms with Gasteiger partial charge in [0.05, 0.1) is 25.6 Å². The molecular weight excluding hydrogens is 484 g/mol. The first-order valence-electron chi connectivity index (χ1n) is 12.5. The van der Waals surface area contributed by atoms with Crippen molar-refractivity contribution in [1.29, 1.82) is 0 Å². The molecule has 0 aliphatic carbocycles. The SMILES string of the molecule is COCCCN(CC(=O)Nc1cc(C(C)(C)C)nn1-c1cccc(C)c1)C(=O)c1cc(OC)cc(OC)c1. The van der Waals surface area contributed by atoms with Gasteiger partial charge in [0.1, 0.15) is 23.9 Å². The number of aromatic nitrogens is 2. The van der Waals surface area contributed by atoms with Gasteiger partial charge < -0.3 is 24.4 Å². The van der Waals surface area contributed by atoms with E-state index in [0.29, 0.717) is 42.5 Å². The lowest BCUT2D eigenvalue weighted by atomic mass is 9.92. The van der Waals surface area contributed by atoms with Gasteiger partial charge in [0.15, 0.2) is 0 Å². The quantitative estimate of drug-likeness (QED) is 0.370. The summed E-state index contributed by atoms with van der Waals surface area (Å²) in [6.45, 7) is 8.87. The fraction of sp³-hybridized carbons (Fsp3) is 0.414. The van der Waals surface area contributed by atoms with E-state index in [1.807, 2.05) is 37.3 Å². The molecule has 0 saturated heterocycles. The van der Waals surface area contributed by atoms with Crippen molar-refractivity contribution in [1.82, 2.24) is 14.7 Å². The molecule has 0 bridgehead atoms. The van der Waals surface area contributed by atoms with Gasteiger partial charge in [-0.1, -0.05) is 32.9 Å². The molecule has 0 saturated carbocycles. The van der Waals surface area contributed by atoms with Crippen LogP contribution in [0.15, 0.2) is 48.5 Å². The number of carbonyl (C=O) groups is 2. The molecule has 3 aromatic rings. The van der Waals surface area contributed by atoms with Crippen LogP contribution in [-0.4, -0.2) is 67.5 Å². The van der Waals surface area contributed by atoms with E-state index in [-0.39, 0.29) is 23.8 Å². The highest BCUT2D eigenvalue weighted by Crippen LogP contribution is 2.27. The van der Waals surface area contributed by atoms with Crippen LogP contribution in [0.2, 0.25) is 0 Å². The molecule has 1 aromatic heterocycles. The molecule has 0 aliphatic rings. The number of anilines is 1. The van der Waals surface area contributed by atoms with E-state index in [4.69, 9.17) is 19.3 Å². The van der Waals surface area contributed by atoms with Gasteiger partial charge in [-0.3, -0.25) is 9.59 Å². The Bertz CT molecular complexity index is 1240. The first-order chi connectivity index (χ1) is 18.0. The van der Waals surface area contributed by atoms with Crippen LogP contribution in [0.1, 0.15) is 48.8 Å². The molecule has 1 heterocycles. The third-order valence-corrected chi connectivity index (χ3v) is 5.99. The second-order valence-corrected chi connectivity index (χ2v) is 10.1. The van der Waals surface area contributed by atoms with Crippen LogP contribution in [0.25, 0.3) is 5.69 Å². The van der Waals surface area contributed by atoms with E-state index < -0.39 is 0 Å². The lowest BCUT2D eigenvalue weighted by molar-refractivity contribution is -0.117. The molecule has 3 rings (SSSR count). The number of nitrogens with zero attached hydrogens (tertiary/aromatic N) is 3. The zero-order valence-electron chi connectivity index (χ0n) is 23.3. The van der Waals surface area contributed by atoms with Crippen molar-refractivity contribution in [2.24, 2.45) is 0 Å². The number of rotatable bonds is 11. The minimum Gasteiger partial charge on any atom is -0.497 e. The van der Waals surface area contributed by atoms with Gasteiger partial charge in [-0.05, 0) is 43.2 Å². The standard InChI is InChI=1S/C29H38N4O5/c1-20-10-8-11-22(14-20)33-26(18-25(31-33)29(2,3)4)30-27(34)19-32(12-9-13-36-5)28(35)21-15-23(37-6)17-24(16-21)38-7/h8,10-11,14-18H,9,12-13,19H2,1-7H3,(H,30,34). The van der Waals surface area contributed by atoms with Gasteiger partial charge >= 0.3 is 0 Å². The van der Waals surface area contributed by atoms with Crippen molar-refractivity contribution in [3.8, 4) is 17.2 Å². The minimum atomic E-state index is -0.333. The van der Waals surface area contributed by atoms with E-state index in [9.17, 15) is 9.59 Å². The van der Waals surface area contributed by atoms with Gasteiger partial charge in [-0.15, -0.1) is 0 Å². The first kappa shape index (κ1) is 28.7. The molecule has 204 valence electrons. The Balaban J connectivity index is 1.89. The molecule has 9 heteroatoms. The van der Waals surface area contributed by atoms with Gasteiger partial charge in [0.2, 0.25) is 5.91 Å². The van der Waals surface area contributed by atoms with Gasteiger partial charge in [-0.2, -0.15) is 5.10 Å². The Morgan fingerprint density at radius 3 is 2.26 bits per heavy atom. The summed E-state index contributed by atoms with van der Waals surface area (Å²) in [4.78, 5) is 28.3. The molecule has 0 aliphatic heterocycles. The van der Waals surface area contributed by atoms with Crippen LogP contribution in [0, 0.1) is 6.92 Å². The summed E-state index contributed by atoms with van der Waals surface area (Å²) in [5, 5.41) is 7.76. The summed E-state index contributed by atoms with van der Waals surface area (Å²) in [6, 6.07) is 14.7. The van der Waals surface area contributed by atoms with Crippen molar-refractivity contribution in [3.05, 3.63) is 65.4 Å². The van der Waals surface area contributed by atoms with E-state index in [1.54, 1.807) is 30.0 Å². The number of methoxy groups -OCH3 is 3. The van der Waals surface area contributed by atoms with Crippen molar-refractivity contribution < 1.29 is 23.8 Å². The fourth-order valence-electron chi connectivity index (χ4n) is 3.91. The molecule has 1 N–H and O–H groups in total. The second kappa shape index (κ2) is 12.6. The zero-order valence-corrected chi connectivity index (χ0v) is 23.3. The highest BCUT2D eigenvalue weighted by molar-refractivity contribution is 5.99. The van der Waals surface area contributed by atoms with Crippen LogP contribution < -0.4 is 14.8 Å². The summed E-state index contributed by atoms with van der Waals surface area (Å²) < 4.78 is 17.5. The van der Waals surface area contributed by atoms with Crippen molar-refractivity contribution >= 4 is 17.6 Å². The predicted octanol–water partition coefficient (Wildman–Crippen LogP) is 4.61. The Kier molecular flexibility index (Phi) is 9.52. The van der Waals surface area contributed by atoms with Gasteiger partial charge in [0, 0.05) is 43.4 Å². The monoisotopic (exact) mass is 522 g/mol. The maximum absolute atomic E-state index is 13.5. The maximum atomic E-state index is 13.5. The third-order valence-electron chi connectivity index (χ3n) is 5.99. The molecule has 38 heavy (non-hydrogen) atoms. The number of benzene rings is 2. The number of hydrogen-bond acceptors (Lipinski definition) is 6. The van der Waals surface area contributed by atoms with Gasteiger partial charge in [0.25, 0.3) is 5.91 Å². The second-order valence-electron chi connectivity index (χ2n) is 10.1. The fourth-order valence-corrected chi connectivity index (χ4v) is 3.91. The Labute approximate surface area is 224 Å². The molecule has 9 nitrogen and oxygen atoms in total. The van der Waals surface area contributed by atoms with Crippen LogP contribution >= 0.6 is 0 Å². The normalized spacial score (nSPS) is 11.2. The number of amides is 2. The smallest absolute Gasteiger partial charge is 0.254 e. The molecule has 2 aromatic carbocycles. The van der Waals surface area contributed by atoms with Gasteiger partial charge in [-0.25, -0.2) is 4.68 Å². The van der Waals surface area contributed by atoms with E-state index >= 15 is 0 Å². The lowest BCUT2D eigenvalue weighted by Crippen LogP contribution is -2.39. The van der Waals surface area contributed by atoms with Crippen LogP contribution in [-0.2, 0) is 14.9 Å². The summed E-state index contributed by atoms with van der Waals surface area (Å²) in [5.41, 5.74) is 2.91. The van der Waals surface area contributed by atoms with Crippen LogP contribution in [0.5, 0.6) is 11.5 Å².